The number of hydrogen-bond donors (Lipinski definition) is 2. The predicted molar refractivity (Wildman–Crippen MR) is 73.5 cm³/mol. The zero-order chi connectivity index (χ0) is 14.8. The fourth-order valence-electron chi connectivity index (χ4n) is 1.45. The molecule has 0 radical (unpaired) electrons. The fourth-order valence-corrected chi connectivity index (χ4v) is 2.65. The van der Waals surface area contributed by atoms with Crippen molar-refractivity contribution >= 4 is 33.3 Å². The number of hydrogen-bond acceptors (Lipinski definition) is 4. The van der Waals surface area contributed by atoms with Crippen molar-refractivity contribution in [2.75, 3.05) is 4.72 Å². The molecule has 6 nitrogen and oxygen atoms in total. The maximum absolute atomic E-state index is 12.1. The topological polar surface area (TPSA) is 96.4 Å². The summed E-state index contributed by atoms with van der Waals surface area (Å²) in [6.45, 7) is 0. The first-order valence-corrected chi connectivity index (χ1v) is 7.22. The van der Waals surface area contributed by atoms with Gasteiger partial charge in [-0.05, 0) is 30.3 Å². The highest BCUT2D eigenvalue weighted by atomic mass is 35.5. The summed E-state index contributed by atoms with van der Waals surface area (Å²) in [7, 11) is -3.88. The maximum atomic E-state index is 12.1. The molecule has 2 N–H and O–H groups in total. The summed E-state index contributed by atoms with van der Waals surface area (Å²) in [4.78, 5) is 14.4. The number of aromatic carboxylic acids is 1. The number of benzene rings is 1. The molecule has 0 atom stereocenters. The number of carboxylic acids is 1. The average molecular weight is 313 g/mol. The summed E-state index contributed by atoms with van der Waals surface area (Å²) >= 11 is 5.60. The highest BCUT2D eigenvalue weighted by Crippen LogP contribution is 2.17. The summed E-state index contributed by atoms with van der Waals surface area (Å²) < 4.78 is 26.5. The van der Waals surface area contributed by atoms with Gasteiger partial charge in [0, 0.05) is 0 Å². The van der Waals surface area contributed by atoms with E-state index in [0.29, 0.717) is 0 Å². The van der Waals surface area contributed by atoms with Gasteiger partial charge in [-0.1, -0.05) is 17.7 Å². The predicted octanol–water partition coefficient (Wildman–Crippen LogP) is 2.23. The second kappa shape index (κ2) is 5.48. The third-order valence-corrected chi connectivity index (χ3v) is 3.97. The normalized spacial score (nSPS) is 11.1. The van der Waals surface area contributed by atoms with Gasteiger partial charge in [0.15, 0.2) is 0 Å². The highest BCUT2D eigenvalue weighted by Gasteiger charge is 2.16. The van der Waals surface area contributed by atoms with Crippen LogP contribution in [0.2, 0.25) is 5.15 Å². The van der Waals surface area contributed by atoms with Crippen LogP contribution in [0.25, 0.3) is 0 Å². The molecule has 0 unspecified atom stereocenters. The van der Waals surface area contributed by atoms with E-state index in [9.17, 15) is 13.2 Å². The second-order valence-electron chi connectivity index (χ2n) is 3.81. The molecule has 20 heavy (non-hydrogen) atoms. The third-order valence-electron chi connectivity index (χ3n) is 2.37. The van der Waals surface area contributed by atoms with Gasteiger partial charge in [-0.15, -0.1) is 0 Å². The first-order chi connectivity index (χ1) is 9.38. The number of carbonyl (C=O) groups is 1. The number of sulfonamides is 1. The number of carboxylic acid groups (broad SMARTS) is 1. The minimum absolute atomic E-state index is 0.109. The van der Waals surface area contributed by atoms with Crippen LogP contribution in [0.4, 0.5) is 5.69 Å². The quantitative estimate of drug-likeness (QED) is 0.844. The minimum Gasteiger partial charge on any atom is -0.478 e. The Morgan fingerprint density at radius 2 is 2.00 bits per heavy atom. The number of rotatable bonds is 4. The van der Waals surface area contributed by atoms with Crippen molar-refractivity contribution in [1.29, 1.82) is 0 Å². The third kappa shape index (κ3) is 3.25. The lowest BCUT2D eigenvalue weighted by Gasteiger charge is -2.08. The summed E-state index contributed by atoms with van der Waals surface area (Å²) in [6, 6.07) is 7.94. The van der Waals surface area contributed by atoms with Gasteiger partial charge in [-0.25, -0.2) is 18.2 Å². The first-order valence-electron chi connectivity index (χ1n) is 5.36. The van der Waals surface area contributed by atoms with Crippen LogP contribution in [-0.4, -0.2) is 24.5 Å². The van der Waals surface area contributed by atoms with E-state index in [-0.39, 0.29) is 21.3 Å². The molecule has 0 aliphatic heterocycles. The Hall–Kier alpha value is -2.12. The Kier molecular flexibility index (Phi) is 3.91. The molecule has 0 saturated heterocycles. The molecule has 104 valence electrons. The largest absolute Gasteiger partial charge is 0.478 e. The Morgan fingerprint density at radius 3 is 2.60 bits per heavy atom. The van der Waals surface area contributed by atoms with Crippen LogP contribution >= 0.6 is 11.6 Å². The van der Waals surface area contributed by atoms with Gasteiger partial charge < -0.3 is 5.11 Å². The molecule has 1 heterocycles. The van der Waals surface area contributed by atoms with Crippen molar-refractivity contribution in [3.05, 3.63) is 53.3 Å². The summed E-state index contributed by atoms with van der Waals surface area (Å²) in [5.74, 6) is -1.20. The van der Waals surface area contributed by atoms with E-state index >= 15 is 0 Å². The van der Waals surface area contributed by atoms with Crippen LogP contribution in [0, 0.1) is 0 Å². The number of halogens is 1. The van der Waals surface area contributed by atoms with E-state index in [0.717, 1.165) is 6.07 Å². The van der Waals surface area contributed by atoms with Crippen LogP contribution in [-0.2, 0) is 10.0 Å². The van der Waals surface area contributed by atoms with E-state index < -0.39 is 16.0 Å². The number of nitrogens with zero attached hydrogens (tertiary/aromatic N) is 1. The summed E-state index contributed by atoms with van der Waals surface area (Å²) in [5.41, 5.74) is 0.122. The van der Waals surface area contributed by atoms with Crippen molar-refractivity contribution in [3.8, 4) is 0 Å². The minimum atomic E-state index is -3.88. The zero-order valence-corrected chi connectivity index (χ0v) is 11.5. The molecular formula is C12H9ClN2O4S. The molecule has 0 saturated carbocycles. The molecule has 0 spiro atoms. The van der Waals surface area contributed by atoms with Crippen molar-refractivity contribution in [2.24, 2.45) is 0 Å². The Bertz CT molecular complexity index is 744. The lowest BCUT2D eigenvalue weighted by Crippen LogP contribution is -2.13. The van der Waals surface area contributed by atoms with Crippen LogP contribution in [0.1, 0.15) is 10.4 Å². The fraction of sp³-hybridized carbons (Fsp3) is 0. The number of aromatic nitrogens is 1. The standard InChI is InChI=1S/C12H9ClN2O4S/c13-11-5-4-9(7-14-11)15-20(18,19)10-3-1-2-8(6-10)12(16)17/h1-7,15H,(H,16,17). The number of pyridine rings is 1. The molecule has 0 amide bonds. The molecule has 0 bridgehead atoms. The van der Waals surface area contributed by atoms with Gasteiger partial charge in [-0.3, -0.25) is 4.72 Å². The Morgan fingerprint density at radius 1 is 1.25 bits per heavy atom. The van der Waals surface area contributed by atoms with Crippen LogP contribution in [0.3, 0.4) is 0 Å². The van der Waals surface area contributed by atoms with E-state index in [1.807, 2.05) is 0 Å². The van der Waals surface area contributed by atoms with E-state index in [4.69, 9.17) is 16.7 Å². The average Bonchev–Trinajstić information content (AvgIpc) is 2.41. The SMILES string of the molecule is O=C(O)c1cccc(S(=O)(=O)Nc2ccc(Cl)nc2)c1. The molecule has 0 aliphatic carbocycles. The lowest BCUT2D eigenvalue weighted by atomic mass is 10.2. The van der Waals surface area contributed by atoms with Gasteiger partial charge in [-0.2, -0.15) is 0 Å². The zero-order valence-electron chi connectivity index (χ0n) is 9.95. The van der Waals surface area contributed by atoms with Crippen molar-refractivity contribution in [1.82, 2.24) is 4.98 Å². The number of nitrogens with one attached hydrogen (secondary N) is 1. The van der Waals surface area contributed by atoms with Crippen LogP contribution in [0.15, 0.2) is 47.5 Å². The van der Waals surface area contributed by atoms with Crippen molar-refractivity contribution in [2.45, 2.75) is 4.90 Å². The second-order valence-corrected chi connectivity index (χ2v) is 5.88. The van der Waals surface area contributed by atoms with E-state index in [2.05, 4.69) is 9.71 Å². The highest BCUT2D eigenvalue weighted by molar-refractivity contribution is 7.92. The molecule has 8 heteroatoms. The molecular weight excluding hydrogens is 304 g/mol. The summed E-state index contributed by atoms with van der Waals surface area (Å²) in [5, 5.41) is 9.09. The van der Waals surface area contributed by atoms with Crippen molar-refractivity contribution < 1.29 is 18.3 Å². The first kappa shape index (κ1) is 14.3. The number of anilines is 1. The van der Waals surface area contributed by atoms with Gasteiger partial charge in [0.05, 0.1) is 22.3 Å². The van der Waals surface area contributed by atoms with Gasteiger partial charge in [0.25, 0.3) is 10.0 Å². The molecule has 0 aliphatic rings. The smallest absolute Gasteiger partial charge is 0.335 e. The maximum Gasteiger partial charge on any atom is 0.335 e. The van der Waals surface area contributed by atoms with Crippen LogP contribution in [0.5, 0.6) is 0 Å². The van der Waals surface area contributed by atoms with Gasteiger partial charge in [0.2, 0.25) is 0 Å². The Labute approximate surface area is 120 Å². The van der Waals surface area contributed by atoms with E-state index in [1.54, 1.807) is 0 Å². The molecule has 1 aromatic heterocycles. The van der Waals surface area contributed by atoms with Gasteiger partial charge >= 0.3 is 5.97 Å². The molecule has 2 rings (SSSR count). The lowest BCUT2D eigenvalue weighted by molar-refractivity contribution is 0.0696. The summed E-state index contributed by atoms with van der Waals surface area (Å²) in [6.07, 6.45) is 1.26. The molecule has 2 aromatic rings. The van der Waals surface area contributed by atoms with E-state index in [1.165, 1.54) is 36.5 Å². The monoisotopic (exact) mass is 312 g/mol. The van der Waals surface area contributed by atoms with Crippen molar-refractivity contribution in [3.63, 3.8) is 0 Å². The Balaban J connectivity index is 2.33. The molecule has 0 fully saturated rings. The van der Waals surface area contributed by atoms with Crippen LogP contribution < -0.4 is 4.72 Å². The molecule has 1 aromatic carbocycles. The van der Waals surface area contributed by atoms with Gasteiger partial charge in [0.1, 0.15) is 5.15 Å².